The number of rotatable bonds is 2. The highest BCUT2D eigenvalue weighted by Gasteiger charge is 1.97. The van der Waals surface area contributed by atoms with Gasteiger partial charge in [0.05, 0.1) is 13.4 Å². The van der Waals surface area contributed by atoms with Gasteiger partial charge in [0.2, 0.25) is 0 Å². The highest BCUT2D eigenvalue weighted by Crippen LogP contribution is 2.09. The Balaban J connectivity index is 2.85. The Labute approximate surface area is 65.3 Å². The number of nitrogens with two attached hydrogens (primary N) is 1. The Bertz CT molecular complexity index is 265. The zero-order valence-corrected chi connectivity index (χ0v) is 6.61. The van der Waals surface area contributed by atoms with Crippen LogP contribution in [-0.4, -0.2) is 16.9 Å². The van der Waals surface area contributed by atoms with Crippen molar-refractivity contribution in [3.8, 4) is 0 Å². The second-order valence-electron chi connectivity index (χ2n) is 2.18. The van der Waals surface area contributed by atoms with Gasteiger partial charge in [-0.1, -0.05) is 0 Å². The molecule has 0 aliphatic rings. The zero-order valence-electron chi connectivity index (χ0n) is 6.61. The number of anilines is 1. The van der Waals surface area contributed by atoms with E-state index in [0.717, 1.165) is 5.56 Å². The minimum absolute atomic E-state index is 0.515. The van der Waals surface area contributed by atoms with Crippen LogP contribution in [0.3, 0.4) is 0 Å². The molecule has 0 unspecified atom stereocenters. The zero-order chi connectivity index (χ0) is 8.27. The van der Waals surface area contributed by atoms with Crippen molar-refractivity contribution in [1.82, 2.24) is 9.78 Å². The molecule has 0 saturated carbocycles. The van der Waals surface area contributed by atoms with Crippen molar-refractivity contribution in [2.24, 2.45) is 7.05 Å². The molecule has 1 heterocycles. The molecular formula is C7H11N3O. The van der Waals surface area contributed by atoms with Crippen molar-refractivity contribution in [1.29, 1.82) is 0 Å². The fraction of sp³-hybridized carbons (Fsp3) is 0.286. The molecule has 4 heteroatoms. The van der Waals surface area contributed by atoms with E-state index in [1.165, 1.54) is 0 Å². The van der Waals surface area contributed by atoms with E-state index in [1.807, 2.05) is 13.2 Å². The molecule has 0 aromatic carbocycles. The molecule has 0 saturated heterocycles. The third-order valence-electron chi connectivity index (χ3n) is 1.27. The van der Waals surface area contributed by atoms with E-state index in [4.69, 9.17) is 10.5 Å². The van der Waals surface area contributed by atoms with Crippen LogP contribution in [0.5, 0.6) is 0 Å². The summed E-state index contributed by atoms with van der Waals surface area (Å²) in [4.78, 5) is 0. The van der Waals surface area contributed by atoms with E-state index < -0.39 is 0 Å². The van der Waals surface area contributed by atoms with E-state index in [9.17, 15) is 0 Å². The van der Waals surface area contributed by atoms with Gasteiger partial charge in [0, 0.05) is 18.8 Å². The van der Waals surface area contributed by atoms with E-state index in [1.54, 1.807) is 24.1 Å². The fourth-order valence-electron chi connectivity index (χ4n) is 0.794. The average Bonchev–Trinajstić information content (AvgIpc) is 2.26. The van der Waals surface area contributed by atoms with Crippen LogP contribution in [0.15, 0.2) is 12.5 Å². The number of aryl methyl sites for hydroxylation is 1. The summed E-state index contributed by atoms with van der Waals surface area (Å²) in [7, 11) is 3.41. The summed E-state index contributed by atoms with van der Waals surface area (Å²) in [6, 6.07) is 0. The molecule has 0 atom stereocenters. The summed E-state index contributed by atoms with van der Waals surface area (Å²) in [6.07, 6.45) is 5.15. The maximum Gasteiger partial charge on any atom is 0.152 e. The van der Waals surface area contributed by atoms with Gasteiger partial charge in [-0.3, -0.25) is 4.68 Å². The van der Waals surface area contributed by atoms with Crippen LogP contribution in [0, 0.1) is 0 Å². The molecule has 0 bridgehead atoms. The molecule has 1 aromatic heterocycles. The van der Waals surface area contributed by atoms with Gasteiger partial charge in [-0.25, -0.2) is 0 Å². The smallest absolute Gasteiger partial charge is 0.152 e. The fourth-order valence-corrected chi connectivity index (χ4v) is 0.794. The van der Waals surface area contributed by atoms with Crippen LogP contribution in [0.2, 0.25) is 0 Å². The quantitative estimate of drug-likeness (QED) is 0.633. The number of nitrogens with zero attached hydrogens (tertiary/aromatic N) is 2. The van der Waals surface area contributed by atoms with Gasteiger partial charge >= 0.3 is 0 Å². The third kappa shape index (κ3) is 1.73. The largest absolute Gasteiger partial charge is 0.504 e. The molecule has 60 valence electrons. The number of ether oxygens (including phenoxy) is 1. The van der Waals surface area contributed by atoms with Crippen molar-refractivity contribution in [3.05, 3.63) is 18.0 Å². The molecule has 11 heavy (non-hydrogen) atoms. The first-order valence-electron chi connectivity index (χ1n) is 3.22. The highest BCUT2D eigenvalue weighted by atomic mass is 16.5. The minimum atomic E-state index is 0.515. The monoisotopic (exact) mass is 153 g/mol. The van der Waals surface area contributed by atoms with Crippen molar-refractivity contribution in [2.45, 2.75) is 0 Å². The maximum absolute atomic E-state index is 5.54. The average molecular weight is 153 g/mol. The number of nitrogen functional groups attached to an aromatic ring is 1. The molecule has 0 aliphatic carbocycles. The van der Waals surface area contributed by atoms with E-state index >= 15 is 0 Å². The normalized spacial score (nSPS) is 10.7. The minimum Gasteiger partial charge on any atom is -0.504 e. The summed E-state index contributed by atoms with van der Waals surface area (Å²) in [5.41, 5.74) is 6.41. The summed E-state index contributed by atoms with van der Waals surface area (Å²) < 4.78 is 6.39. The molecular weight excluding hydrogens is 142 g/mol. The Hall–Kier alpha value is -1.45. The van der Waals surface area contributed by atoms with Gasteiger partial charge in [-0.15, -0.1) is 0 Å². The first-order valence-corrected chi connectivity index (χ1v) is 3.22. The molecule has 0 amide bonds. The number of hydrogen-bond donors (Lipinski definition) is 1. The van der Waals surface area contributed by atoms with Crippen LogP contribution in [0.1, 0.15) is 5.56 Å². The van der Waals surface area contributed by atoms with Gasteiger partial charge in [0.15, 0.2) is 5.82 Å². The molecule has 0 fully saturated rings. The van der Waals surface area contributed by atoms with E-state index in [2.05, 4.69) is 5.10 Å². The van der Waals surface area contributed by atoms with Crippen LogP contribution >= 0.6 is 0 Å². The first-order chi connectivity index (χ1) is 5.24. The lowest BCUT2D eigenvalue weighted by molar-refractivity contribution is 0.341. The summed E-state index contributed by atoms with van der Waals surface area (Å²) in [6.45, 7) is 0. The molecule has 0 radical (unpaired) electrons. The summed E-state index contributed by atoms with van der Waals surface area (Å²) >= 11 is 0. The number of hydrogen-bond acceptors (Lipinski definition) is 3. The van der Waals surface area contributed by atoms with Crippen LogP contribution in [0.25, 0.3) is 6.08 Å². The molecule has 0 aliphatic heterocycles. The topological polar surface area (TPSA) is 53.1 Å². The lowest BCUT2D eigenvalue weighted by Gasteiger charge is -1.86. The summed E-state index contributed by atoms with van der Waals surface area (Å²) in [5, 5.41) is 3.95. The van der Waals surface area contributed by atoms with Crippen LogP contribution in [0.4, 0.5) is 5.82 Å². The second-order valence-corrected chi connectivity index (χ2v) is 2.18. The van der Waals surface area contributed by atoms with E-state index in [-0.39, 0.29) is 0 Å². The third-order valence-corrected chi connectivity index (χ3v) is 1.27. The maximum atomic E-state index is 5.54. The number of methoxy groups -OCH3 is 1. The van der Waals surface area contributed by atoms with Crippen molar-refractivity contribution >= 4 is 11.9 Å². The Morgan fingerprint density at radius 3 is 2.91 bits per heavy atom. The molecule has 2 N–H and O–H groups in total. The van der Waals surface area contributed by atoms with Gasteiger partial charge in [-0.2, -0.15) is 5.10 Å². The van der Waals surface area contributed by atoms with Gasteiger partial charge in [-0.05, 0) is 6.08 Å². The summed E-state index contributed by atoms with van der Waals surface area (Å²) in [5.74, 6) is 0.515. The van der Waals surface area contributed by atoms with Gasteiger partial charge < -0.3 is 10.5 Å². The van der Waals surface area contributed by atoms with Gasteiger partial charge in [0.25, 0.3) is 0 Å². The standard InChI is InChI=1S/C7H11N3O/c1-10-5-6(3-4-11-2)7(8)9-10/h3-5H,1-2H3,(H2,8,9). The molecule has 0 spiro atoms. The Morgan fingerprint density at radius 1 is 1.73 bits per heavy atom. The Morgan fingerprint density at radius 2 is 2.45 bits per heavy atom. The van der Waals surface area contributed by atoms with Crippen molar-refractivity contribution in [2.75, 3.05) is 12.8 Å². The first kappa shape index (κ1) is 7.65. The lowest BCUT2D eigenvalue weighted by atomic mass is 10.3. The molecule has 1 rings (SSSR count). The predicted octanol–water partition coefficient (Wildman–Crippen LogP) is 0.619. The predicted molar refractivity (Wildman–Crippen MR) is 43.7 cm³/mol. The van der Waals surface area contributed by atoms with Crippen molar-refractivity contribution < 1.29 is 4.74 Å². The van der Waals surface area contributed by atoms with Crippen molar-refractivity contribution in [3.63, 3.8) is 0 Å². The van der Waals surface area contributed by atoms with Crippen LogP contribution in [-0.2, 0) is 11.8 Å². The highest BCUT2D eigenvalue weighted by molar-refractivity contribution is 5.59. The lowest BCUT2D eigenvalue weighted by Crippen LogP contribution is -1.90. The SMILES string of the molecule is COC=Cc1cn(C)nc1N. The van der Waals surface area contributed by atoms with Crippen LogP contribution < -0.4 is 5.73 Å². The molecule has 4 nitrogen and oxygen atoms in total. The van der Waals surface area contributed by atoms with Gasteiger partial charge in [0.1, 0.15) is 0 Å². The number of aromatic nitrogens is 2. The second kappa shape index (κ2) is 3.09. The van der Waals surface area contributed by atoms with E-state index in [0.29, 0.717) is 5.82 Å². The Kier molecular flexibility index (Phi) is 2.15. The molecule has 1 aromatic rings.